The zero-order valence-corrected chi connectivity index (χ0v) is 28.3. The number of carbonyl (C=O) groups excluding carboxylic acids is 2. The van der Waals surface area contributed by atoms with Crippen molar-refractivity contribution >= 4 is 58.0 Å². The molecule has 1 saturated heterocycles. The van der Waals surface area contributed by atoms with Crippen molar-refractivity contribution in [3.8, 4) is 11.5 Å². The summed E-state index contributed by atoms with van der Waals surface area (Å²) in [5, 5.41) is 3.79. The lowest BCUT2D eigenvalue weighted by molar-refractivity contribution is -0.143. The van der Waals surface area contributed by atoms with E-state index >= 15 is 0 Å². The van der Waals surface area contributed by atoms with Gasteiger partial charge in [-0.1, -0.05) is 47.5 Å². The van der Waals surface area contributed by atoms with Crippen LogP contribution in [0.3, 0.4) is 0 Å². The lowest BCUT2D eigenvalue weighted by Crippen LogP contribution is -2.25. The number of nitrogens with zero attached hydrogens (tertiary/aromatic N) is 1. The molecule has 0 saturated carbocycles. The fourth-order valence-corrected chi connectivity index (χ4v) is 6.95. The SMILES string of the molecule is CNC(=O)/C=C/CN1CC[C@H](Oc2ccc(C3=C(c4ccc(Cl)cc4Cl)CCSc4cc(OC(=O)C(C)(C)C)ccc43)cc2)C1. The first-order valence-electron chi connectivity index (χ1n) is 15.1. The van der Waals surface area contributed by atoms with Gasteiger partial charge in [0.1, 0.15) is 17.6 Å². The second-order valence-corrected chi connectivity index (χ2v) is 14.2. The predicted octanol–water partition coefficient (Wildman–Crippen LogP) is 8.16. The maximum absolute atomic E-state index is 12.6. The highest BCUT2D eigenvalue weighted by molar-refractivity contribution is 7.99. The van der Waals surface area contributed by atoms with E-state index in [1.807, 2.05) is 69.3 Å². The quantitative estimate of drug-likeness (QED) is 0.149. The van der Waals surface area contributed by atoms with Gasteiger partial charge in [0.25, 0.3) is 0 Å². The van der Waals surface area contributed by atoms with Crippen LogP contribution in [0.5, 0.6) is 11.5 Å². The van der Waals surface area contributed by atoms with Crippen molar-refractivity contribution < 1.29 is 19.1 Å². The number of fused-ring (bicyclic) bond motifs is 1. The van der Waals surface area contributed by atoms with Gasteiger partial charge in [-0.3, -0.25) is 14.5 Å². The van der Waals surface area contributed by atoms with Gasteiger partial charge in [-0.15, -0.1) is 11.8 Å². The Balaban J connectivity index is 1.44. The number of esters is 1. The Hall–Kier alpha value is -3.23. The number of thioether (sulfide) groups is 1. The summed E-state index contributed by atoms with van der Waals surface area (Å²) in [4.78, 5) is 27.4. The number of likely N-dealkylation sites (tertiary alicyclic amines) is 1. The smallest absolute Gasteiger partial charge is 0.316 e. The van der Waals surface area contributed by atoms with E-state index in [4.69, 9.17) is 32.7 Å². The summed E-state index contributed by atoms with van der Waals surface area (Å²) in [6, 6.07) is 19.7. The van der Waals surface area contributed by atoms with Crippen molar-refractivity contribution in [3.63, 3.8) is 0 Å². The Morgan fingerprint density at radius 3 is 2.47 bits per heavy atom. The lowest BCUT2D eigenvalue weighted by Gasteiger charge is -2.20. The number of hydrogen-bond acceptors (Lipinski definition) is 6. The molecule has 1 atom stereocenters. The summed E-state index contributed by atoms with van der Waals surface area (Å²) in [5.41, 5.74) is 4.65. The maximum atomic E-state index is 12.6. The number of allylic oxidation sites excluding steroid dienone is 1. The fraction of sp³-hybridized carbons (Fsp3) is 0.333. The average Bonchev–Trinajstić information content (AvgIpc) is 3.35. The van der Waals surface area contributed by atoms with Gasteiger partial charge in [-0.2, -0.15) is 0 Å². The van der Waals surface area contributed by atoms with Gasteiger partial charge in [-0.05, 0) is 104 Å². The van der Waals surface area contributed by atoms with Crippen molar-refractivity contribution in [3.05, 3.63) is 99.6 Å². The Bertz CT molecular complexity index is 1630. The molecule has 0 spiro atoms. The van der Waals surface area contributed by atoms with Crippen molar-refractivity contribution in [1.82, 2.24) is 10.2 Å². The second-order valence-electron chi connectivity index (χ2n) is 12.2. The van der Waals surface area contributed by atoms with Gasteiger partial charge in [0.15, 0.2) is 0 Å². The number of rotatable bonds is 8. The number of benzene rings is 3. The van der Waals surface area contributed by atoms with E-state index in [0.717, 1.165) is 70.2 Å². The summed E-state index contributed by atoms with van der Waals surface area (Å²) in [5.74, 6) is 1.81. The summed E-state index contributed by atoms with van der Waals surface area (Å²) in [6.45, 7) is 7.97. The van der Waals surface area contributed by atoms with E-state index in [2.05, 4.69) is 22.3 Å². The Kier molecular flexibility index (Phi) is 10.7. The van der Waals surface area contributed by atoms with E-state index < -0.39 is 5.41 Å². The molecule has 6 nitrogen and oxygen atoms in total. The van der Waals surface area contributed by atoms with E-state index in [9.17, 15) is 9.59 Å². The molecule has 0 aromatic heterocycles. The number of amides is 1. The molecular formula is C36H38Cl2N2O4S. The summed E-state index contributed by atoms with van der Waals surface area (Å²) in [7, 11) is 1.62. The highest BCUT2D eigenvalue weighted by atomic mass is 35.5. The first-order valence-corrected chi connectivity index (χ1v) is 16.8. The maximum Gasteiger partial charge on any atom is 0.316 e. The number of halogens is 2. The first kappa shape index (κ1) is 33.1. The third-order valence-electron chi connectivity index (χ3n) is 7.77. The van der Waals surface area contributed by atoms with E-state index in [1.54, 1.807) is 31.0 Å². The monoisotopic (exact) mass is 664 g/mol. The molecule has 0 bridgehead atoms. The Morgan fingerprint density at radius 2 is 1.76 bits per heavy atom. The number of likely N-dealkylation sites (N-methyl/N-ethyl adjacent to an activating group) is 1. The van der Waals surface area contributed by atoms with Crippen LogP contribution in [0.2, 0.25) is 10.0 Å². The summed E-state index contributed by atoms with van der Waals surface area (Å²) < 4.78 is 12.1. The van der Waals surface area contributed by atoms with E-state index in [1.165, 1.54) is 0 Å². The van der Waals surface area contributed by atoms with Gasteiger partial charge >= 0.3 is 5.97 Å². The van der Waals surface area contributed by atoms with E-state index in [-0.39, 0.29) is 18.0 Å². The first-order chi connectivity index (χ1) is 21.5. The molecule has 2 heterocycles. The molecule has 0 unspecified atom stereocenters. The van der Waals surface area contributed by atoms with Gasteiger partial charge in [-0.25, -0.2) is 0 Å². The molecule has 0 radical (unpaired) electrons. The van der Waals surface area contributed by atoms with Crippen LogP contribution in [0, 0.1) is 5.41 Å². The molecule has 0 aliphatic carbocycles. The minimum atomic E-state index is -0.603. The number of carbonyl (C=O) groups is 2. The molecule has 2 aliphatic rings. The summed E-state index contributed by atoms with van der Waals surface area (Å²) >= 11 is 14.8. The standard InChI is InChI=1S/C36H38Cl2N2O4S/c1-36(2,3)35(42)44-26-12-14-30-32(21-26)45-19-16-29(28-13-9-24(37)20-31(28)38)34(30)23-7-10-25(11-8-23)43-27-15-18-40(22-27)17-5-6-33(41)39-4/h5-14,20-21,27H,15-19,22H2,1-4H3,(H,39,41)/b6-5+/t27-/m0/s1. The molecule has 1 N–H and O–H groups in total. The van der Waals surface area contributed by atoms with E-state index in [0.29, 0.717) is 22.3 Å². The van der Waals surface area contributed by atoms with Gasteiger partial charge < -0.3 is 14.8 Å². The van der Waals surface area contributed by atoms with Crippen LogP contribution < -0.4 is 14.8 Å². The third-order valence-corrected chi connectivity index (χ3v) is 9.37. The van der Waals surface area contributed by atoms with Crippen molar-refractivity contribution in [2.75, 3.05) is 32.4 Å². The van der Waals surface area contributed by atoms with Crippen LogP contribution in [0.15, 0.2) is 77.7 Å². The molecule has 3 aromatic carbocycles. The predicted molar refractivity (Wildman–Crippen MR) is 184 cm³/mol. The fourth-order valence-electron chi connectivity index (χ4n) is 5.38. The molecule has 236 valence electrons. The van der Waals surface area contributed by atoms with Gasteiger partial charge in [0.05, 0.1) is 5.41 Å². The van der Waals surface area contributed by atoms with Crippen LogP contribution in [0.4, 0.5) is 0 Å². The Labute approximate surface area is 279 Å². The van der Waals surface area contributed by atoms with Gasteiger partial charge in [0.2, 0.25) is 5.91 Å². The molecule has 5 rings (SSSR count). The molecule has 3 aromatic rings. The largest absolute Gasteiger partial charge is 0.489 e. The second kappa shape index (κ2) is 14.5. The van der Waals surface area contributed by atoms with Crippen LogP contribution >= 0.6 is 35.0 Å². The van der Waals surface area contributed by atoms with Crippen LogP contribution in [0.25, 0.3) is 11.1 Å². The normalized spacial score (nSPS) is 17.2. The number of nitrogens with one attached hydrogen (secondary N) is 1. The molecule has 45 heavy (non-hydrogen) atoms. The van der Waals surface area contributed by atoms with Crippen molar-refractivity contribution in [2.45, 2.75) is 44.6 Å². The minimum Gasteiger partial charge on any atom is -0.489 e. The Morgan fingerprint density at radius 1 is 1.02 bits per heavy atom. The van der Waals surface area contributed by atoms with Gasteiger partial charge in [0, 0.05) is 53.5 Å². The molecule has 9 heteroatoms. The third kappa shape index (κ3) is 8.33. The molecule has 1 amide bonds. The topological polar surface area (TPSA) is 67.9 Å². The molecular weight excluding hydrogens is 627 g/mol. The number of hydrogen-bond donors (Lipinski definition) is 1. The molecule has 1 fully saturated rings. The van der Waals surface area contributed by atoms with Crippen LogP contribution in [-0.4, -0.2) is 55.3 Å². The minimum absolute atomic E-state index is 0.0798. The van der Waals surface area contributed by atoms with Crippen molar-refractivity contribution in [1.29, 1.82) is 0 Å². The zero-order chi connectivity index (χ0) is 32.1. The average molecular weight is 666 g/mol. The highest BCUT2D eigenvalue weighted by Gasteiger charge is 2.27. The van der Waals surface area contributed by atoms with Crippen molar-refractivity contribution in [2.24, 2.45) is 5.41 Å². The van der Waals surface area contributed by atoms with Crippen LogP contribution in [0.1, 0.15) is 50.3 Å². The molecule has 2 aliphatic heterocycles. The van der Waals surface area contributed by atoms with Crippen LogP contribution in [-0.2, 0) is 9.59 Å². The number of ether oxygens (including phenoxy) is 2. The zero-order valence-electron chi connectivity index (χ0n) is 26.0. The summed E-state index contributed by atoms with van der Waals surface area (Å²) in [6.07, 6.45) is 5.24. The lowest BCUT2D eigenvalue weighted by atomic mass is 9.88. The highest BCUT2D eigenvalue weighted by Crippen LogP contribution is 2.46.